The van der Waals surface area contributed by atoms with Gasteiger partial charge in [-0.2, -0.15) is 5.26 Å². The SMILES string of the molecule is COc1cc(/C=C(\C#N)C(=O)Nc2cccc(C)c2)ccc1OC(=O)c1ccncc1. The summed E-state index contributed by atoms with van der Waals surface area (Å²) in [5.74, 6) is -0.587. The van der Waals surface area contributed by atoms with Crippen molar-refractivity contribution in [1.29, 1.82) is 5.26 Å². The molecule has 0 atom stereocenters. The molecule has 0 bridgehead atoms. The van der Waals surface area contributed by atoms with Gasteiger partial charge in [-0.3, -0.25) is 9.78 Å². The van der Waals surface area contributed by atoms with Crippen molar-refractivity contribution in [3.8, 4) is 17.6 Å². The zero-order chi connectivity index (χ0) is 22.2. The molecule has 2 aromatic carbocycles. The van der Waals surface area contributed by atoms with E-state index in [2.05, 4.69) is 10.3 Å². The smallest absolute Gasteiger partial charge is 0.343 e. The number of carbonyl (C=O) groups is 2. The molecule has 1 N–H and O–H groups in total. The van der Waals surface area contributed by atoms with Crippen LogP contribution in [0.4, 0.5) is 5.69 Å². The summed E-state index contributed by atoms with van der Waals surface area (Å²) >= 11 is 0. The molecule has 1 heterocycles. The third-order valence-corrected chi connectivity index (χ3v) is 4.26. The van der Waals surface area contributed by atoms with Gasteiger partial charge in [0.25, 0.3) is 5.91 Å². The number of anilines is 1. The number of amides is 1. The number of ether oxygens (including phenoxy) is 2. The average molecular weight is 413 g/mol. The van der Waals surface area contributed by atoms with Gasteiger partial charge < -0.3 is 14.8 Å². The van der Waals surface area contributed by atoms with E-state index in [1.165, 1.54) is 43.8 Å². The highest BCUT2D eigenvalue weighted by atomic mass is 16.6. The number of esters is 1. The lowest BCUT2D eigenvalue weighted by atomic mass is 10.1. The molecule has 0 saturated carbocycles. The predicted molar refractivity (Wildman–Crippen MR) is 116 cm³/mol. The topological polar surface area (TPSA) is 101 Å². The number of hydrogen-bond acceptors (Lipinski definition) is 6. The van der Waals surface area contributed by atoms with Crippen molar-refractivity contribution in [2.24, 2.45) is 0 Å². The van der Waals surface area contributed by atoms with Gasteiger partial charge in [0.1, 0.15) is 11.6 Å². The largest absolute Gasteiger partial charge is 0.493 e. The van der Waals surface area contributed by atoms with Crippen LogP contribution in [0.15, 0.2) is 72.6 Å². The van der Waals surface area contributed by atoms with Crippen LogP contribution >= 0.6 is 0 Å². The minimum absolute atomic E-state index is 0.0786. The van der Waals surface area contributed by atoms with E-state index in [9.17, 15) is 14.9 Å². The standard InChI is InChI=1S/C24H19N3O4/c1-16-4-3-5-20(12-16)27-23(28)19(15-25)13-17-6-7-21(22(14-17)30-2)31-24(29)18-8-10-26-11-9-18/h3-14H,1-2H3,(H,27,28)/b19-13+. The summed E-state index contributed by atoms with van der Waals surface area (Å²) in [6.45, 7) is 1.91. The number of hydrogen-bond donors (Lipinski definition) is 1. The third-order valence-electron chi connectivity index (χ3n) is 4.26. The molecule has 0 unspecified atom stereocenters. The first-order chi connectivity index (χ1) is 15.0. The second-order valence-corrected chi connectivity index (χ2v) is 6.53. The molecule has 0 fully saturated rings. The van der Waals surface area contributed by atoms with Gasteiger partial charge in [0.2, 0.25) is 0 Å². The Labute approximate surface area is 179 Å². The quantitative estimate of drug-likeness (QED) is 0.282. The molecule has 1 aromatic heterocycles. The molecule has 0 spiro atoms. The minimum atomic E-state index is -0.556. The van der Waals surface area contributed by atoms with Crippen LogP contribution in [0.2, 0.25) is 0 Å². The fraction of sp³-hybridized carbons (Fsp3) is 0.0833. The maximum absolute atomic E-state index is 12.5. The Balaban J connectivity index is 1.80. The van der Waals surface area contributed by atoms with Gasteiger partial charge in [-0.05, 0) is 60.5 Å². The van der Waals surface area contributed by atoms with E-state index in [-0.39, 0.29) is 17.1 Å². The molecule has 31 heavy (non-hydrogen) atoms. The number of methoxy groups -OCH3 is 1. The number of nitrogens with one attached hydrogen (secondary N) is 1. The Morgan fingerprint density at radius 1 is 1.06 bits per heavy atom. The molecule has 3 aromatic rings. The van der Waals surface area contributed by atoms with Gasteiger partial charge in [0.05, 0.1) is 12.7 Å². The van der Waals surface area contributed by atoms with E-state index in [4.69, 9.17) is 9.47 Å². The van der Waals surface area contributed by atoms with Crippen LogP contribution in [0.3, 0.4) is 0 Å². The number of pyridine rings is 1. The minimum Gasteiger partial charge on any atom is -0.493 e. The molecule has 7 nitrogen and oxygen atoms in total. The molecule has 154 valence electrons. The van der Waals surface area contributed by atoms with Crippen LogP contribution in [-0.2, 0) is 4.79 Å². The second-order valence-electron chi connectivity index (χ2n) is 6.53. The molecule has 7 heteroatoms. The van der Waals surface area contributed by atoms with Crippen molar-refractivity contribution in [1.82, 2.24) is 4.98 Å². The van der Waals surface area contributed by atoms with Gasteiger partial charge in [0.15, 0.2) is 11.5 Å². The molecule has 0 aliphatic rings. The van der Waals surface area contributed by atoms with E-state index in [1.807, 2.05) is 31.2 Å². The fourth-order valence-corrected chi connectivity index (χ4v) is 2.74. The summed E-state index contributed by atoms with van der Waals surface area (Å²) in [5.41, 5.74) is 2.39. The van der Waals surface area contributed by atoms with Crippen LogP contribution in [0, 0.1) is 18.3 Å². The van der Waals surface area contributed by atoms with Crippen molar-refractivity contribution in [2.75, 3.05) is 12.4 Å². The summed E-state index contributed by atoms with van der Waals surface area (Å²) in [6, 6.07) is 17.0. The number of aromatic nitrogens is 1. The van der Waals surface area contributed by atoms with Crippen LogP contribution in [0.5, 0.6) is 11.5 Å². The first-order valence-corrected chi connectivity index (χ1v) is 9.30. The zero-order valence-corrected chi connectivity index (χ0v) is 17.0. The van der Waals surface area contributed by atoms with Crippen molar-refractivity contribution in [2.45, 2.75) is 6.92 Å². The Morgan fingerprint density at radius 2 is 1.84 bits per heavy atom. The zero-order valence-electron chi connectivity index (χ0n) is 17.0. The average Bonchev–Trinajstić information content (AvgIpc) is 2.78. The van der Waals surface area contributed by atoms with Crippen LogP contribution in [-0.4, -0.2) is 24.0 Å². The molecular weight excluding hydrogens is 394 g/mol. The maximum atomic E-state index is 12.5. The number of aryl methyl sites for hydroxylation is 1. The van der Waals surface area contributed by atoms with Crippen LogP contribution < -0.4 is 14.8 Å². The van der Waals surface area contributed by atoms with E-state index in [0.29, 0.717) is 16.8 Å². The maximum Gasteiger partial charge on any atom is 0.343 e. The first-order valence-electron chi connectivity index (χ1n) is 9.30. The van der Waals surface area contributed by atoms with Crippen molar-refractivity contribution in [3.63, 3.8) is 0 Å². The van der Waals surface area contributed by atoms with Crippen molar-refractivity contribution >= 4 is 23.6 Å². The molecule has 0 radical (unpaired) electrons. The monoisotopic (exact) mass is 413 g/mol. The summed E-state index contributed by atoms with van der Waals surface area (Å²) in [4.78, 5) is 28.6. The lowest BCUT2D eigenvalue weighted by molar-refractivity contribution is -0.112. The number of nitriles is 1. The number of rotatable bonds is 6. The van der Waals surface area contributed by atoms with Gasteiger partial charge in [0, 0.05) is 18.1 Å². The van der Waals surface area contributed by atoms with Crippen molar-refractivity contribution in [3.05, 3.63) is 89.3 Å². The predicted octanol–water partition coefficient (Wildman–Crippen LogP) is 4.16. The molecule has 0 saturated heterocycles. The van der Waals surface area contributed by atoms with Crippen molar-refractivity contribution < 1.29 is 19.1 Å². The van der Waals surface area contributed by atoms with Crippen LogP contribution in [0.25, 0.3) is 6.08 Å². The number of carbonyl (C=O) groups excluding carboxylic acids is 2. The highest BCUT2D eigenvalue weighted by molar-refractivity contribution is 6.09. The Bertz CT molecular complexity index is 1180. The lowest BCUT2D eigenvalue weighted by Gasteiger charge is -2.10. The highest BCUT2D eigenvalue weighted by Crippen LogP contribution is 2.29. The molecule has 3 rings (SSSR count). The van der Waals surface area contributed by atoms with Gasteiger partial charge in [-0.15, -0.1) is 0 Å². The third kappa shape index (κ3) is 5.55. The fourth-order valence-electron chi connectivity index (χ4n) is 2.74. The summed E-state index contributed by atoms with van der Waals surface area (Å²) < 4.78 is 10.7. The Hall–Kier alpha value is -4.44. The molecule has 1 amide bonds. The summed E-state index contributed by atoms with van der Waals surface area (Å²) in [7, 11) is 1.43. The number of nitrogens with zero attached hydrogens (tertiary/aromatic N) is 2. The summed E-state index contributed by atoms with van der Waals surface area (Å²) in [5, 5.41) is 12.1. The van der Waals surface area contributed by atoms with E-state index in [1.54, 1.807) is 18.2 Å². The van der Waals surface area contributed by atoms with Gasteiger partial charge >= 0.3 is 5.97 Å². The normalized spacial score (nSPS) is 10.7. The second kappa shape index (κ2) is 9.85. The molecule has 0 aliphatic heterocycles. The van der Waals surface area contributed by atoms with E-state index < -0.39 is 11.9 Å². The van der Waals surface area contributed by atoms with Gasteiger partial charge in [-0.25, -0.2) is 4.79 Å². The van der Waals surface area contributed by atoms with Crippen LogP contribution in [0.1, 0.15) is 21.5 Å². The molecular formula is C24H19N3O4. The Morgan fingerprint density at radius 3 is 2.52 bits per heavy atom. The number of benzene rings is 2. The van der Waals surface area contributed by atoms with E-state index >= 15 is 0 Å². The first kappa shape index (κ1) is 21.3. The molecule has 0 aliphatic carbocycles. The van der Waals surface area contributed by atoms with Gasteiger partial charge in [-0.1, -0.05) is 18.2 Å². The highest BCUT2D eigenvalue weighted by Gasteiger charge is 2.14. The lowest BCUT2D eigenvalue weighted by Crippen LogP contribution is -2.13. The summed E-state index contributed by atoms with van der Waals surface area (Å²) in [6.07, 6.45) is 4.42. The Kier molecular flexibility index (Phi) is 6.76. The van der Waals surface area contributed by atoms with E-state index in [0.717, 1.165) is 5.56 Å².